The Balaban J connectivity index is 2.38. The van der Waals surface area contributed by atoms with Crippen molar-refractivity contribution >= 4 is 17.4 Å². The molecule has 0 bridgehead atoms. The minimum atomic E-state index is -0.495. The first kappa shape index (κ1) is 9.51. The van der Waals surface area contributed by atoms with E-state index in [-0.39, 0.29) is 17.2 Å². The molecular weight excluding hydrogens is 198 g/mol. The molecule has 2 rings (SSSR count). The second-order valence-corrected chi connectivity index (χ2v) is 3.20. The average Bonchev–Trinajstić information content (AvgIpc) is 2.60. The Bertz CT molecular complexity index is 465. The van der Waals surface area contributed by atoms with E-state index in [0.717, 1.165) is 0 Å². The first-order chi connectivity index (χ1) is 7.11. The number of carbonyl (C=O) groups excluding carboxylic acids is 1. The molecule has 2 N–H and O–H groups in total. The molecular formula is C10H9NO4. The van der Waals surface area contributed by atoms with Gasteiger partial charge in [-0.15, -0.1) is 0 Å². The zero-order valence-corrected chi connectivity index (χ0v) is 8.02. The number of fused-ring (bicyclic) bond motifs is 1. The maximum absolute atomic E-state index is 11.2. The molecule has 1 aliphatic rings. The number of hydrogen-bond donors (Lipinski definition) is 2. The van der Waals surface area contributed by atoms with Crippen LogP contribution in [0.25, 0.3) is 0 Å². The summed E-state index contributed by atoms with van der Waals surface area (Å²) in [6, 6.07) is 2.71. The topological polar surface area (TPSA) is 79.1 Å². The van der Waals surface area contributed by atoms with Crippen molar-refractivity contribution in [3.63, 3.8) is 0 Å². The minimum Gasteiger partial charge on any atom is -0.504 e. The molecule has 0 fully saturated rings. The maximum atomic E-state index is 11.2. The van der Waals surface area contributed by atoms with Crippen molar-refractivity contribution in [1.82, 2.24) is 0 Å². The molecule has 0 atom stereocenters. The van der Waals surface area contributed by atoms with Crippen LogP contribution in [0, 0.1) is 0 Å². The number of hydrogen-bond acceptors (Lipinski definition) is 5. The number of benzene rings is 1. The van der Waals surface area contributed by atoms with Gasteiger partial charge in [-0.05, 0) is 11.6 Å². The third kappa shape index (κ3) is 1.52. The molecule has 0 saturated heterocycles. The summed E-state index contributed by atoms with van der Waals surface area (Å²) < 4.78 is 4.53. The summed E-state index contributed by atoms with van der Waals surface area (Å²) in [4.78, 5) is 15.2. The Morgan fingerprint density at radius 2 is 2.07 bits per heavy atom. The average molecular weight is 207 g/mol. The van der Waals surface area contributed by atoms with Gasteiger partial charge in [0.25, 0.3) is 0 Å². The number of phenolic OH excluding ortho intramolecular Hbond substituents is 2. The molecule has 1 aliphatic heterocycles. The lowest BCUT2D eigenvalue weighted by molar-refractivity contribution is -0.132. The van der Waals surface area contributed by atoms with E-state index >= 15 is 0 Å². The molecule has 0 radical (unpaired) electrons. The Morgan fingerprint density at radius 1 is 1.40 bits per heavy atom. The van der Waals surface area contributed by atoms with Crippen molar-refractivity contribution in [3.05, 3.63) is 17.7 Å². The van der Waals surface area contributed by atoms with E-state index in [1.165, 1.54) is 19.2 Å². The molecule has 0 aromatic heterocycles. The van der Waals surface area contributed by atoms with Crippen molar-refractivity contribution in [1.29, 1.82) is 0 Å². The van der Waals surface area contributed by atoms with Crippen LogP contribution in [-0.4, -0.2) is 29.0 Å². The Kier molecular flexibility index (Phi) is 2.07. The Morgan fingerprint density at radius 3 is 2.73 bits per heavy atom. The predicted molar refractivity (Wildman–Crippen MR) is 52.6 cm³/mol. The highest BCUT2D eigenvalue weighted by Gasteiger charge is 2.22. The number of methoxy groups -OCH3 is 1. The second kappa shape index (κ2) is 3.27. The number of phenols is 2. The van der Waals surface area contributed by atoms with Gasteiger partial charge in [-0.2, -0.15) is 0 Å². The minimum absolute atomic E-state index is 0.213. The quantitative estimate of drug-likeness (QED) is 0.529. The fourth-order valence-corrected chi connectivity index (χ4v) is 1.46. The predicted octanol–water partition coefficient (Wildman–Crippen LogP) is 0.899. The summed E-state index contributed by atoms with van der Waals surface area (Å²) in [6.07, 6.45) is 0.315. The van der Waals surface area contributed by atoms with Crippen LogP contribution in [0.5, 0.6) is 11.5 Å². The van der Waals surface area contributed by atoms with Crippen LogP contribution in [-0.2, 0) is 16.0 Å². The zero-order valence-electron chi connectivity index (χ0n) is 8.02. The monoisotopic (exact) mass is 207 g/mol. The number of aliphatic imine (C=N–C) groups is 1. The third-order valence-electron chi connectivity index (χ3n) is 2.21. The van der Waals surface area contributed by atoms with Crippen molar-refractivity contribution < 1.29 is 19.7 Å². The van der Waals surface area contributed by atoms with E-state index in [2.05, 4.69) is 9.73 Å². The molecule has 0 aliphatic carbocycles. The fourth-order valence-electron chi connectivity index (χ4n) is 1.46. The van der Waals surface area contributed by atoms with Gasteiger partial charge >= 0.3 is 5.97 Å². The van der Waals surface area contributed by atoms with E-state index in [1.807, 2.05) is 0 Å². The highest BCUT2D eigenvalue weighted by molar-refractivity contribution is 6.38. The summed E-state index contributed by atoms with van der Waals surface area (Å²) in [5, 5.41) is 18.5. The largest absolute Gasteiger partial charge is 0.504 e. The third-order valence-corrected chi connectivity index (χ3v) is 2.21. The van der Waals surface area contributed by atoms with Gasteiger partial charge < -0.3 is 14.9 Å². The first-order valence-corrected chi connectivity index (χ1v) is 4.32. The smallest absolute Gasteiger partial charge is 0.352 e. The van der Waals surface area contributed by atoms with Gasteiger partial charge in [-0.25, -0.2) is 9.79 Å². The van der Waals surface area contributed by atoms with E-state index in [1.54, 1.807) is 0 Å². The summed E-state index contributed by atoms with van der Waals surface area (Å²) in [5.74, 6) is -0.955. The summed E-state index contributed by atoms with van der Waals surface area (Å²) >= 11 is 0. The van der Waals surface area contributed by atoms with Gasteiger partial charge in [0.15, 0.2) is 11.5 Å². The molecule has 78 valence electrons. The molecule has 0 spiro atoms. The van der Waals surface area contributed by atoms with Gasteiger partial charge in [0.2, 0.25) is 0 Å². The fraction of sp³-hybridized carbons (Fsp3) is 0.200. The van der Waals surface area contributed by atoms with E-state index in [4.69, 9.17) is 0 Å². The molecule has 0 amide bonds. The Hall–Kier alpha value is -2.04. The van der Waals surface area contributed by atoms with Crippen LogP contribution in [0.1, 0.15) is 5.56 Å². The van der Waals surface area contributed by atoms with Crippen LogP contribution < -0.4 is 0 Å². The van der Waals surface area contributed by atoms with Crippen molar-refractivity contribution in [3.8, 4) is 11.5 Å². The van der Waals surface area contributed by atoms with E-state index < -0.39 is 5.97 Å². The molecule has 15 heavy (non-hydrogen) atoms. The molecule has 0 unspecified atom stereocenters. The number of aromatic hydroxyl groups is 2. The van der Waals surface area contributed by atoms with Gasteiger partial charge in [-0.3, -0.25) is 0 Å². The van der Waals surface area contributed by atoms with Gasteiger partial charge in [0.05, 0.1) is 12.8 Å². The number of carbonyl (C=O) groups is 1. The standard InChI is InChI=1S/C10H9NO4/c1-15-10(14)7-2-5-3-8(12)9(13)4-6(5)11-7/h3-4,12-13H,2H2,1H3. The number of rotatable bonds is 1. The van der Waals surface area contributed by atoms with Gasteiger partial charge in [0.1, 0.15) is 5.71 Å². The summed E-state index contributed by atoms with van der Waals surface area (Å²) in [5.41, 5.74) is 1.47. The van der Waals surface area contributed by atoms with Gasteiger partial charge in [0, 0.05) is 12.5 Å². The van der Waals surface area contributed by atoms with Crippen molar-refractivity contribution in [2.75, 3.05) is 7.11 Å². The summed E-state index contributed by atoms with van der Waals surface area (Å²) in [7, 11) is 1.28. The molecule has 0 saturated carbocycles. The van der Waals surface area contributed by atoms with Crippen molar-refractivity contribution in [2.45, 2.75) is 6.42 Å². The lowest BCUT2D eigenvalue weighted by Crippen LogP contribution is -2.15. The molecule has 1 aromatic rings. The van der Waals surface area contributed by atoms with Crippen LogP contribution >= 0.6 is 0 Å². The van der Waals surface area contributed by atoms with E-state index in [0.29, 0.717) is 17.7 Å². The number of nitrogens with zero attached hydrogens (tertiary/aromatic N) is 1. The van der Waals surface area contributed by atoms with Crippen LogP contribution in [0.3, 0.4) is 0 Å². The van der Waals surface area contributed by atoms with E-state index in [9.17, 15) is 15.0 Å². The van der Waals surface area contributed by atoms with Crippen LogP contribution in [0.4, 0.5) is 5.69 Å². The molecule has 5 nitrogen and oxygen atoms in total. The Labute approximate surface area is 85.6 Å². The number of ether oxygens (including phenoxy) is 1. The molecule has 1 heterocycles. The lowest BCUT2D eigenvalue weighted by Gasteiger charge is -2.00. The maximum Gasteiger partial charge on any atom is 0.352 e. The second-order valence-electron chi connectivity index (χ2n) is 3.20. The normalized spacial score (nSPS) is 13.3. The summed E-state index contributed by atoms with van der Waals surface area (Å²) in [6.45, 7) is 0. The SMILES string of the molecule is COC(=O)C1=Nc2cc(O)c(O)cc2C1. The number of esters is 1. The van der Waals surface area contributed by atoms with Crippen LogP contribution in [0.2, 0.25) is 0 Å². The van der Waals surface area contributed by atoms with Crippen LogP contribution in [0.15, 0.2) is 17.1 Å². The highest BCUT2D eigenvalue weighted by Crippen LogP contribution is 2.36. The first-order valence-electron chi connectivity index (χ1n) is 4.32. The molecule has 1 aromatic carbocycles. The zero-order chi connectivity index (χ0) is 11.0. The highest BCUT2D eigenvalue weighted by atomic mass is 16.5. The van der Waals surface area contributed by atoms with Crippen molar-refractivity contribution in [2.24, 2.45) is 4.99 Å². The van der Waals surface area contributed by atoms with Gasteiger partial charge in [-0.1, -0.05) is 0 Å². The molecule has 5 heteroatoms. The lowest BCUT2D eigenvalue weighted by atomic mass is 10.1.